The average molecular weight is 343 g/mol. The van der Waals surface area contributed by atoms with Crippen LogP contribution in [0.4, 0.5) is 10.1 Å². The summed E-state index contributed by atoms with van der Waals surface area (Å²) in [6.45, 7) is 3.40. The maximum absolute atomic E-state index is 13.1. The van der Waals surface area contributed by atoms with Crippen LogP contribution in [-0.2, 0) is 6.61 Å². The Bertz CT molecular complexity index is 922. The number of benzene rings is 1. The fourth-order valence-corrected chi connectivity index (χ4v) is 2.35. The largest absolute Gasteiger partial charge is 0.473 e. The standard InChI is InChI=1S/C17H14FN3O4/c1-10-15(21(22)23)7-8-16(19-10)24-9-14-11(2)25-20-17(14)12-3-5-13(18)6-4-12/h3-8H,9H2,1-2H3. The lowest BCUT2D eigenvalue weighted by Crippen LogP contribution is -2.01. The smallest absolute Gasteiger partial charge is 0.290 e. The number of nitrogens with zero attached hydrogens (tertiary/aromatic N) is 3. The Balaban J connectivity index is 1.82. The minimum atomic E-state index is -0.497. The van der Waals surface area contributed by atoms with E-state index in [-0.39, 0.29) is 29.7 Å². The first kappa shape index (κ1) is 16.6. The fourth-order valence-electron chi connectivity index (χ4n) is 2.35. The minimum absolute atomic E-state index is 0.0690. The third kappa shape index (κ3) is 3.47. The van der Waals surface area contributed by atoms with Crippen molar-refractivity contribution in [2.75, 3.05) is 0 Å². The summed E-state index contributed by atoms with van der Waals surface area (Å²) >= 11 is 0. The van der Waals surface area contributed by atoms with Crippen LogP contribution in [0.3, 0.4) is 0 Å². The maximum atomic E-state index is 13.1. The second-order valence-electron chi connectivity index (χ2n) is 5.37. The van der Waals surface area contributed by atoms with Gasteiger partial charge in [0.05, 0.1) is 10.5 Å². The van der Waals surface area contributed by atoms with E-state index in [4.69, 9.17) is 9.26 Å². The van der Waals surface area contributed by atoms with E-state index in [2.05, 4.69) is 10.1 Å². The second kappa shape index (κ2) is 6.68. The summed E-state index contributed by atoms with van der Waals surface area (Å²) in [5.74, 6) is 0.485. The first-order valence-corrected chi connectivity index (χ1v) is 7.41. The van der Waals surface area contributed by atoms with Crippen LogP contribution in [-0.4, -0.2) is 15.1 Å². The molecule has 0 saturated carbocycles. The van der Waals surface area contributed by atoms with Gasteiger partial charge in [0.1, 0.15) is 29.6 Å². The molecule has 128 valence electrons. The van der Waals surface area contributed by atoms with Crippen LogP contribution in [0.25, 0.3) is 11.3 Å². The Labute approximate surface area is 142 Å². The number of hydrogen-bond donors (Lipinski definition) is 0. The summed E-state index contributed by atoms with van der Waals surface area (Å²) in [6, 6.07) is 8.66. The summed E-state index contributed by atoms with van der Waals surface area (Å²) in [7, 11) is 0. The fraction of sp³-hybridized carbons (Fsp3) is 0.176. The number of halogens is 1. The monoisotopic (exact) mass is 343 g/mol. The Morgan fingerprint density at radius 2 is 1.92 bits per heavy atom. The quantitative estimate of drug-likeness (QED) is 0.514. The van der Waals surface area contributed by atoms with Gasteiger partial charge in [0.15, 0.2) is 0 Å². The van der Waals surface area contributed by atoms with Crippen molar-refractivity contribution in [3.05, 3.63) is 69.3 Å². The van der Waals surface area contributed by atoms with Crippen molar-refractivity contribution in [3.8, 4) is 17.1 Å². The Morgan fingerprint density at radius 1 is 1.20 bits per heavy atom. The van der Waals surface area contributed by atoms with Gasteiger partial charge in [-0.2, -0.15) is 0 Å². The van der Waals surface area contributed by atoms with Crippen LogP contribution in [0.1, 0.15) is 17.0 Å². The van der Waals surface area contributed by atoms with Gasteiger partial charge in [-0.1, -0.05) is 5.16 Å². The lowest BCUT2D eigenvalue weighted by molar-refractivity contribution is -0.385. The molecular formula is C17H14FN3O4. The van der Waals surface area contributed by atoms with Crippen LogP contribution in [0.15, 0.2) is 40.9 Å². The third-order valence-corrected chi connectivity index (χ3v) is 3.70. The molecule has 0 radical (unpaired) electrons. The highest BCUT2D eigenvalue weighted by Crippen LogP contribution is 2.27. The Morgan fingerprint density at radius 3 is 2.56 bits per heavy atom. The van der Waals surface area contributed by atoms with Gasteiger partial charge in [-0.25, -0.2) is 9.37 Å². The molecular weight excluding hydrogens is 329 g/mol. The van der Waals surface area contributed by atoms with E-state index in [0.29, 0.717) is 22.6 Å². The molecule has 0 aliphatic heterocycles. The molecule has 25 heavy (non-hydrogen) atoms. The van der Waals surface area contributed by atoms with E-state index in [1.54, 1.807) is 26.0 Å². The zero-order chi connectivity index (χ0) is 18.0. The zero-order valence-electron chi connectivity index (χ0n) is 13.5. The predicted molar refractivity (Wildman–Crippen MR) is 86.6 cm³/mol. The highest BCUT2D eigenvalue weighted by molar-refractivity contribution is 5.63. The summed E-state index contributed by atoms with van der Waals surface area (Å²) < 4.78 is 23.9. The van der Waals surface area contributed by atoms with Gasteiger partial charge in [-0.3, -0.25) is 10.1 Å². The second-order valence-corrected chi connectivity index (χ2v) is 5.37. The topological polar surface area (TPSA) is 91.3 Å². The lowest BCUT2D eigenvalue weighted by Gasteiger charge is -2.07. The number of hydrogen-bond acceptors (Lipinski definition) is 6. The average Bonchev–Trinajstić information content (AvgIpc) is 2.94. The molecule has 7 nitrogen and oxygen atoms in total. The van der Waals surface area contributed by atoms with Crippen molar-refractivity contribution in [2.24, 2.45) is 0 Å². The van der Waals surface area contributed by atoms with Gasteiger partial charge < -0.3 is 9.26 Å². The normalized spacial score (nSPS) is 10.7. The predicted octanol–water partition coefficient (Wildman–Crippen LogP) is 3.98. The van der Waals surface area contributed by atoms with Gasteiger partial charge in [-0.15, -0.1) is 0 Å². The number of nitro groups is 1. The van der Waals surface area contributed by atoms with Crippen molar-refractivity contribution in [1.29, 1.82) is 0 Å². The summed E-state index contributed by atoms with van der Waals surface area (Å²) in [6.07, 6.45) is 0. The molecule has 0 atom stereocenters. The molecule has 0 saturated heterocycles. The third-order valence-electron chi connectivity index (χ3n) is 3.70. The molecule has 0 aliphatic rings. The summed E-state index contributed by atoms with van der Waals surface area (Å²) in [4.78, 5) is 14.4. The van der Waals surface area contributed by atoms with Gasteiger partial charge in [-0.05, 0) is 38.1 Å². The summed E-state index contributed by atoms with van der Waals surface area (Å²) in [5.41, 5.74) is 2.15. The van der Waals surface area contributed by atoms with Crippen molar-refractivity contribution in [1.82, 2.24) is 10.1 Å². The Kier molecular flexibility index (Phi) is 4.42. The SMILES string of the molecule is Cc1nc(OCc2c(-c3ccc(F)cc3)noc2C)ccc1[N+](=O)[O-]. The van der Waals surface area contributed by atoms with Crippen molar-refractivity contribution >= 4 is 5.69 Å². The number of rotatable bonds is 5. The number of aromatic nitrogens is 2. The molecule has 2 heterocycles. The molecule has 0 fully saturated rings. The van der Waals surface area contributed by atoms with Crippen LogP contribution < -0.4 is 4.74 Å². The molecule has 1 aromatic carbocycles. The van der Waals surface area contributed by atoms with Gasteiger partial charge in [0.2, 0.25) is 5.88 Å². The molecule has 2 aromatic heterocycles. The molecule has 8 heteroatoms. The molecule has 3 aromatic rings. The van der Waals surface area contributed by atoms with Crippen LogP contribution in [0.5, 0.6) is 5.88 Å². The van der Waals surface area contributed by atoms with E-state index in [0.717, 1.165) is 0 Å². The van der Waals surface area contributed by atoms with Crippen LogP contribution in [0.2, 0.25) is 0 Å². The number of aryl methyl sites for hydroxylation is 2. The zero-order valence-corrected chi connectivity index (χ0v) is 13.5. The first-order valence-electron chi connectivity index (χ1n) is 7.41. The maximum Gasteiger partial charge on any atom is 0.290 e. The van der Waals surface area contributed by atoms with E-state index in [1.165, 1.54) is 24.3 Å². The molecule has 0 N–H and O–H groups in total. The van der Waals surface area contributed by atoms with Gasteiger partial charge in [0.25, 0.3) is 5.69 Å². The van der Waals surface area contributed by atoms with Gasteiger partial charge in [0, 0.05) is 17.7 Å². The van der Waals surface area contributed by atoms with Crippen LogP contribution in [0, 0.1) is 29.8 Å². The van der Waals surface area contributed by atoms with E-state index >= 15 is 0 Å². The minimum Gasteiger partial charge on any atom is -0.473 e. The molecule has 0 bridgehead atoms. The highest BCUT2D eigenvalue weighted by atomic mass is 19.1. The molecule has 0 unspecified atom stereocenters. The number of ether oxygens (including phenoxy) is 1. The first-order chi connectivity index (χ1) is 12.0. The number of pyridine rings is 1. The van der Waals surface area contributed by atoms with E-state index in [1.807, 2.05) is 0 Å². The molecule has 0 spiro atoms. The molecule has 0 amide bonds. The van der Waals surface area contributed by atoms with Crippen molar-refractivity contribution in [3.63, 3.8) is 0 Å². The van der Waals surface area contributed by atoms with E-state index in [9.17, 15) is 14.5 Å². The highest BCUT2D eigenvalue weighted by Gasteiger charge is 2.17. The van der Waals surface area contributed by atoms with Crippen LogP contribution >= 0.6 is 0 Å². The lowest BCUT2D eigenvalue weighted by atomic mass is 10.1. The Hall–Kier alpha value is -3.29. The molecule has 0 aliphatic carbocycles. The molecule has 3 rings (SSSR count). The van der Waals surface area contributed by atoms with E-state index < -0.39 is 4.92 Å². The van der Waals surface area contributed by atoms with Crippen molar-refractivity contribution in [2.45, 2.75) is 20.5 Å². The van der Waals surface area contributed by atoms with Gasteiger partial charge >= 0.3 is 0 Å². The summed E-state index contributed by atoms with van der Waals surface area (Å²) in [5, 5.41) is 14.8. The van der Waals surface area contributed by atoms with Crippen molar-refractivity contribution < 1.29 is 18.6 Å².